The minimum Gasteiger partial charge on any atom is -0.494 e. The highest BCUT2D eigenvalue weighted by Gasteiger charge is 2.11. The number of unbranched alkanes of at least 4 members (excludes halogenated alkanes) is 17. The minimum absolute atomic E-state index is 0.180. The molecule has 0 aliphatic carbocycles. The molecule has 0 spiro atoms. The Morgan fingerprint density at radius 3 is 1.58 bits per heavy atom. The molecule has 0 bridgehead atoms. The van der Waals surface area contributed by atoms with Crippen molar-refractivity contribution in [3.05, 3.63) is 90.2 Å². The highest BCUT2D eigenvalue weighted by molar-refractivity contribution is 5.73. The zero-order valence-electron chi connectivity index (χ0n) is 33.6. The van der Waals surface area contributed by atoms with Crippen molar-refractivity contribution in [1.82, 2.24) is 0 Å². The fourth-order valence-electron chi connectivity index (χ4n) is 6.48. The predicted molar refractivity (Wildman–Crippen MR) is 225 cm³/mol. The van der Waals surface area contributed by atoms with Crippen LogP contribution in [-0.4, -0.2) is 19.2 Å². The molecule has 0 unspecified atom stereocenters. The van der Waals surface area contributed by atoms with Crippen LogP contribution in [0.15, 0.2) is 84.6 Å². The van der Waals surface area contributed by atoms with Crippen molar-refractivity contribution < 1.29 is 19.0 Å². The fraction of sp³-hybridized carbons (Fsp3) is 0.551. The number of hydrogen-bond acceptors (Lipinski definition) is 4. The summed E-state index contributed by atoms with van der Waals surface area (Å²) in [5.74, 6) is 1.46. The van der Waals surface area contributed by atoms with Gasteiger partial charge in [0.25, 0.3) is 0 Å². The summed E-state index contributed by atoms with van der Waals surface area (Å²) in [6, 6.07) is 23.3. The lowest BCUT2D eigenvalue weighted by Crippen LogP contribution is -2.06. The monoisotopic (exact) mass is 723 g/mol. The van der Waals surface area contributed by atoms with Gasteiger partial charge in [0.15, 0.2) is 0 Å². The Morgan fingerprint density at radius 2 is 1.00 bits per heavy atom. The van der Waals surface area contributed by atoms with Gasteiger partial charge in [0.2, 0.25) is 0 Å². The van der Waals surface area contributed by atoms with Gasteiger partial charge in [0.1, 0.15) is 18.1 Å². The summed E-state index contributed by atoms with van der Waals surface area (Å²) < 4.78 is 18.0. The van der Waals surface area contributed by atoms with Crippen LogP contribution >= 0.6 is 0 Å². The van der Waals surface area contributed by atoms with Gasteiger partial charge in [-0.3, -0.25) is 4.79 Å². The van der Waals surface area contributed by atoms with E-state index in [-0.39, 0.29) is 19.0 Å². The summed E-state index contributed by atoms with van der Waals surface area (Å²) in [4.78, 5) is 12.6. The van der Waals surface area contributed by atoms with Gasteiger partial charge in [-0.1, -0.05) is 166 Å². The normalized spacial score (nSPS) is 10.8. The maximum absolute atomic E-state index is 12.6. The van der Waals surface area contributed by atoms with Crippen molar-refractivity contribution in [2.75, 3.05) is 13.2 Å². The van der Waals surface area contributed by atoms with Crippen LogP contribution in [0.3, 0.4) is 0 Å². The number of rotatable bonds is 30. The summed E-state index contributed by atoms with van der Waals surface area (Å²) in [7, 11) is 0. The highest BCUT2D eigenvalue weighted by atomic mass is 16.5. The topological polar surface area (TPSA) is 44.8 Å². The molecule has 0 saturated carbocycles. The van der Waals surface area contributed by atoms with Gasteiger partial charge >= 0.3 is 5.97 Å². The third-order valence-electron chi connectivity index (χ3n) is 9.83. The Kier molecular flexibility index (Phi) is 23.6. The number of ether oxygens (including phenoxy) is 3. The molecule has 53 heavy (non-hydrogen) atoms. The Labute approximate surface area is 323 Å². The number of benzene rings is 3. The molecule has 290 valence electrons. The van der Waals surface area contributed by atoms with Crippen molar-refractivity contribution in [2.45, 2.75) is 162 Å². The number of carbonyl (C=O) groups is 1. The van der Waals surface area contributed by atoms with Crippen molar-refractivity contribution in [2.24, 2.45) is 0 Å². The summed E-state index contributed by atoms with van der Waals surface area (Å²) in [5.41, 5.74) is 8.53. The molecule has 0 N–H and O–H groups in total. The quantitative estimate of drug-likeness (QED) is 0.0390. The first-order chi connectivity index (χ1) is 26.1. The average molecular weight is 723 g/mol. The molecule has 0 amide bonds. The van der Waals surface area contributed by atoms with Crippen LogP contribution in [-0.2, 0) is 16.1 Å². The summed E-state index contributed by atoms with van der Waals surface area (Å²) in [6.07, 6.45) is 29.0. The van der Waals surface area contributed by atoms with E-state index < -0.39 is 0 Å². The molecule has 0 radical (unpaired) electrons. The van der Waals surface area contributed by atoms with Gasteiger partial charge in [-0.25, -0.2) is 0 Å². The third-order valence-corrected chi connectivity index (χ3v) is 9.83. The van der Waals surface area contributed by atoms with Gasteiger partial charge in [-0.2, -0.15) is 0 Å². The average Bonchev–Trinajstić information content (AvgIpc) is 3.19. The Hall–Kier alpha value is -3.75. The smallest absolute Gasteiger partial charge is 0.310 e. The molecule has 0 atom stereocenters. The molecule has 0 fully saturated rings. The van der Waals surface area contributed by atoms with E-state index >= 15 is 0 Å². The van der Waals surface area contributed by atoms with Crippen LogP contribution in [0.25, 0.3) is 22.3 Å². The van der Waals surface area contributed by atoms with E-state index in [9.17, 15) is 4.79 Å². The van der Waals surface area contributed by atoms with E-state index in [0.717, 1.165) is 71.6 Å². The first kappa shape index (κ1) is 43.7. The van der Waals surface area contributed by atoms with E-state index in [1.807, 2.05) is 12.1 Å². The second kappa shape index (κ2) is 28.7. The maximum Gasteiger partial charge on any atom is 0.310 e. The molecular formula is C49H70O4. The van der Waals surface area contributed by atoms with E-state index in [0.29, 0.717) is 6.61 Å². The number of esters is 1. The van der Waals surface area contributed by atoms with Gasteiger partial charge in [-0.15, -0.1) is 5.73 Å². The lowest BCUT2D eigenvalue weighted by Gasteiger charge is -2.14. The molecule has 3 aromatic rings. The van der Waals surface area contributed by atoms with Crippen LogP contribution in [0.1, 0.15) is 161 Å². The number of carbonyl (C=O) groups excluding carboxylic acids is 1. The van der Waals surface area contributed by atoms with Crippen molar-refractivity contribution in [1.29, 1.82) is 0 Å². The summed E-state index contributed by atoms with van der Waals surface area (Å²) in [6.45, 7) is 8.35. The van der Waals surface area contributed by atoms with Gasteiger partial charge in [-0.05, 0) is 84.4 Å². The molecule has 3 aromatic carbocycles. The van der Waals surface area contributed by atoms with Crippen molar-refractivity contribution >= 4 is 5.97 Å². The van der Waals surface area contributed by atoms with Crippen molar-refractivity contribution in [3.63, 3.8) is 0 Å². The van der Waals surface area contributed by atoms with Gasteiger partial charge < -0.3 is 14.2 Å². The Morgan fingerprint density at radius 1 is 0.528 bits per heavy atom. The summed E-state index contributed by atoms with van der Waals surface area (Å²) in [5, 5.41) is 0. The molecule has 0 aromatic heterocycles. The lowest BCUT2D eigenvalue weighted by atomic mass is 9.99. The van der Waals surface area contributed by atoms with Crippen LogP contribution < -0.4 is 9.47 Å². The first-order valence-corrected chi connectivity index (χ1v) is 21.3. The highest BCUT2D eigenvalue weighted by Crippen LogP contribution is 2.30. The molecule has 4 nitrogen and oxygen atoms in total. The molecule has 0 heterocycles. The van der Waals surface area contributed by atoms with E-state index in [4.69, 9.17) is 14.2 Å². The van der Waals surface area contributed by atoms with Crippen LogP contribution in [0.5, 0.6) is 11.5 Å². The molecule has 0 aliphatic rings. The summed E-state index contributed by atoms with van der Waals surface area (Å²) >= 11 is 0. The Bertz CT molecular complexity index is 1430. The number of hydrogen-bond donors (Lipinski definition) is 0. The Balaban J connectivity index is 1.56. The third kappa shape index (κ3) is 19.2. The van der Waals surface area contributed by atoms with Crippen LogP contribution in [0.2, 0.25) is 0 Å². The standard InChI is InChI=1S/C49H70O4/c1-4-7-10-13-16-19-22-25-38-51-47-35-32-43(33-36-47)42-28-30-44(31-29-42)45-34-37-48(52-39-26-23-20-17-14-11-8-5-2)46(40-45)41-53-49(50)27-24-21-18-15-12-9-6-3/h18,24,28-37,40H,4-17,19-20,22-23,25-27,38-39,41H2,1-3H3. The molecule has 3 rings (SSSR count). The van der Waals surface area contributed by atoms with Crippen LogP contribution in [0, 0.1) is 0 Å². The molecule has 4 heteroatoms. The zero-order chi connectivity index (χ0) is 37.6. The van der Waals surface area contributed by atoms with Gasteiger partial charge in [0.05, 0.1) is 19.6 Å². The molecule has 0 saturated heterocycles. The zero-order valence-corrected chi connectivity index (χ0v) is 33.6. The minimum atomic E-state index is -0.257. The van der Waals surface area contributed by atoms with Crippen molar-refractivity contribution in [3.8, 4) is 33.8 Å². The second-order valence-electron chi connectivity index (χ2n) is 14.5. The van der Waals surface area contributed by atoms with E-state index in [1.54, 1.807) is 6.08 Å². The molecule has 0 aliphatic heterocycles. The van der Waals surface area contributed by atoms with Gasteiger partial charge in [0, 0.05) is 5.56 Å². The van der Waals surface area contributed by atoms with E-state index in [2.05, 4.69) is 87.2 Å². The molecular weight excluding hydrogens is 653 g/mol. The van der Waals surface area contributed by atoms with E-state index in [1.165, 1.54) is 103 Å². The first-order valence-electron chi connectivity index (χ1n) is 21.3. The second-order valence-corrected chi connectivity index (χ2v) is 14.5. The largest absolute Gasteiger partial charge is 0.494 e. The van der Waals surface area contributed by atoms with Crippen LogP contribution in [0.4, 0.5) is 0 Å². The predicted octanol–water partition coefficient (Wildman–Crippen LogP) is 14.8. The maximum atomic E-state index is 12.6. The SMILES string of the molecule is CCCCCC=C=CCC(=O)OCc1cc(-c2ccc(-c3ccc(OCCCCCCCCCC)cc3)cc2)ccc1OCCCCCCCCCC. The lowest BCUT2D eigenvalue weighted by molar-refractivity contribution is -0.143. The fourth-order valence-corrected chi connectivity index (χ4v) is 6.48.